The molecule has 2 rings (SSSR count). The smallest absolute Gasteiger partial charge is 0.171 e. The van der Waals surface area contributed by atoms with E-state index in [1.165, 1.54) is 0 Å². The van der Waals surface area contributed by atoms with Gasteiger partial charge in [0.05, 0.1) is 23.1 Å². The highest BCUT2D eigenvalue weighted by molar-refractivity contribution is 9.10. The maximum atomic E-state index is 5.72. The summed E-state index contributed by atoms with van der Waals surface area (Å²) in [6, 6.07) is 5.56. The van der Waals surface area contributed by atoms with E-state index in [-0.39, 0.29) is 5.88 Å². The quantitative estimate of drug-likeness (QED) is 0.816. The first-order valence-electron chi connectivity index (χ1n) is 4.43. The molecule has 1 aromatic carbocycles. The van der Waals surface area contributed by atoms with Gasteiger partial charge in [0.25, 0.3) is 0 Å². The molecule has 0 saturated heterocycles. The SMILES string of the molecule is COc1ccc(-n2nnnc2CCl)cc1Br. The van der Waals surface area contributed by atoms with Crippen molar-refractivity contribution in [2.45, 2.75) is 5.88 Å². The minimum Gasteiger partial charge on any atom is -0.496 e. The molecule has 0 amide bonds. The number of methoxy groups -OCH3 is 1. The Morgan fingerprint density at radius 1 is 1.50 bits per heavy atom. The van der Waals surface area contributed by atoms with Gasteiger partial charge in [0.15, 0.2) is 5.82 Å². The van der Waals surface area contributed by atoms with E-state index >= 15 is 0 Å². The molecule has 2 aromatic rings. The summed E-state index contributed by atoms with van der Waals surface area (Å²) in [7, 11) is 1.61. The van der Waals surface area contributed by atoms with Gasteiger partial charge in [-0.1, -0.05) is 0 Å². The van der Waals surface area contributed by atoms with E-state index in [1.54, 1.807) is 11.8 Å². The third kappa shape index (κ3) is 2.03. The normalized spacial score (nSPS) is 10.4. The van der Waals surface area contributed by atoms with E-state index in [4.69, 9.17) is 16.3 Å². The van der Waals surface area contributed by atoms with Crippen LogP contribution in [0.1, 0.15) is 5.82 Å². The van der Waals surface area contributed by atoms with Gasteiger partial charge in [-0.3, -0.25) is 0 Å². The van der Waals surface area contributed by atoms with Crippen molar-refractivity contribution in [3.05, 3.63) is 28.5 Å². The Kier molecular flexibility index (Phi) is 3.40. The van der Waals surface area contributed by atoms with E-state index in [0.717, 1.165) is 15.9 Å². The Morgan fingerprint density at radius 3 is 2.94 bits per heavy atom. The number of ether oxygens (including phenoxy) is 1. The second-order valence-electron chi connectivity index (χ2n) is 2.96. The van der Waals surface area contributed by atoms with Crippen LogP contribution in [0.25, 0.3) is 5.69 Å². The zero-order chi connectivity index (χ0) is 11.5. The van der Waals surface area contributed by atoms with Crippen molar-refractivity contribution < 1.29 is 4.74 Å². The summed E-state index contributed by atoms with van der Waals surface area (Å²) in [5.41, 5.74) is 0.827. The highest BCUT2D eigenvalue weighted by atomic mass is 79.9. The summed E-state index contributed by atoms with van der Waals surface area (Å²) in [4.78, 5) is 0. The lowest BCUT2D eigenvalue weighted by atomic mass is 10.3. The maximum absolute atomic E-state index is 5.72. The number of halogens is 2. The van der Waals surface area contributed by atoms with Crippen LogP contribution < -0.4 is 4.74 Å². The van der Waals surface area contributed by atoms with Crippen molar-refractivity contribution in [2.24, 2.45) is 0 Å². The van der Waals surface area contributed by atoms with Gasteiger partial charge in [-0.05, 0) is 44.6 Å². The van der Waals surface area contributed by atoms with Crippen molar-refractivity contribution in [2.75, 3.05) is 7.11 Å². The van der Waals surface area contributed by atoms with Crippen LogP contribution in [0.4, 0.5) is 0 Å². The molecule has 0 aliphatic rings. The lowest BCUT2D eigenvalue weighted by molar-refractivity contribution is 0.412. The lowest BCUT2D eigenvalue weighted by Crippen LogP contribution is -2.01. The molecule has 0 fully saturated rings. The highest BCUT2D eigenvalue weighted by Crippen LogP contribution is 2.27. The topological polar surface area (TPSA) is 52.8 Å². The van der Waals surface area contributed by atoms with Gasteiger partial charge < -0.3 is 4.74 Å². The minimum atomic E-state index is 0.261. The maximum Gasteiger partial charge on any atom is 0.171 e. The van der Waals surface area contributed by atoms with Crippen LogP contribution in [-0.2, 0) is 5.88 Å². The Hall–Kier alpha value is -1.14. The molecular formula is C9H8BrClN4O. The van der Waals surface area contributed by atoms with Crippen LogP contribution in [0.15, 0.2) is 22.7 Å². The molecule has 1 heterocycles. The van der Waals surface area contributed by atoms with E-state index in [2.05, 4.69) is 31.5 Å². The average Bonchev–Trinajstić information content (AvgIpc) is 2.77. The number of nitrogens with zero attached hydrogens (tertiary/aromatic N) is 4. The number of hydrogen-bond acceptors (Lipinski definition) is 4. The minimum absolute atomic E-state index is 0.261. The Bertz CT molecular complexity index is 502. The number of hydrogen-bond donors (Lipinski definition) is 0. The molecule has 0 saturated carbocycles. The first-order valence-corrected chi connectivity index (χ1v) is 5.76. The van der Waals surface area contributed by atoms with Gasteiger partial charge in [-0.15, -0.1) is 16.7 Å². The summed E-state index contributed by atoms with van der Waals surface area (Å²) in [6.07, 6.45) is 0. The lowest BCUT2D eigenvalue weighted by Gasteiger charge is -2.06. The fourth-order valence-corrected chi connectivity index (χ4v) is 1.97. The second kappa shape index (κ2) is 4.80. The van der Waals surface area contributed by atoms with Gasteiger partial charge >= 0.3 is 0 Å². The molecule has 0 spiro atoms. The Balaban J connectivity index is 2.45. The number of rotatable bonds is 3. The standard InChI is InChI=1S/C9H8BrClN4O/c1-16-8-3-2-6(4-7(8)10)15-9(5-11)12-13-14-15/h2-4H,5H2,1H3. The molecule has 16 heavy (non-hydrogen) atoms. The number of aromatic nitrogens is 4. The van der Waals surface area contributed by atoms with Crippen LogP contribution in [-0.4, -0.2) is 27.3 Å². The largest absolute Gasteiger partial charge is 0.496 e. The summed E-state index contributed by atoms with van der Waals surface area (Å²) < 4.78 is 7.56. The van der Waals surface area contributed by atoms with Crippen molar-refractivity contribution in [1.82, 2.24) is 20.2 Å². The third-order valence-corrected chi connectivity index (χ3v) is 2.89. The van der Waals surface area contributed by atoms with Crippen LogP contribution >= 0.6 is 27.5 Å². The van der Waals surface area contributed by atoms with Crippen LogP contribution in [0, 0.1) is 0 Å². The van der Waals surface area contributed by atoms with Crippen molar-refractivity contribution >= 4 is 27.5 Å². The summed E-state index contributed by atoms with van der Waals surface area (Å²) in [6.45, 7) is 0. The number of benzene rings is 1. The van der Waals surface area contributed by atoms with Crippen molar-refractivity contribution in [1.29, 1.82) is 0 Å². The molecule has 84 valence electrons. The monoisotopic (exact) mass is 302 g/mol. The third-order valence-electron chi connectivity index (χ3n) is 2.03. The molecule has 0 bridgehead atoms. The van der Waals surface area contributed by atoms with E-state index in [1.807, 2.05) is 18.2 Å². The number of alkyl halides is 1. The predicted molar refractivity (Wildman–Crippen MR) is 63.0 cm³/mol. The van der Waals surface area contributed by atoms with E-state index in [0.29, 0.717) is 5.82 Å². The second-order valence-corrected chi connectivity index (χ2v) is 4.08. The number of tetrazole rings is 1. The van der Waals surface area contributed by atoms with Gasteiger partial charge in [0, 0.05) is 0 Å². The molecule has 0 aliphatic carbocycles. The molecule has 0 unspecified atom stereocenters. The van der Waals surface area contributed by atoms with Gasteiger partial charge in [0.1, 0.15) is 5.75 Å². The zero-order valence-electron chi connectivity index (χ0n) is 8.39. The highest BCUT2D eigenvalue weighted by Gasteiger charge is 2.08. The summed E-state index contributed by atoms with van der Waals surface area (Å²) in [5.74, 6) is 1.61. The fraction of sp³-hybridized carbons (Fsp3) is 0.222. The van der Waals surface area contributed by atoms with E-state index < -0.39 is 0 Å². The van der Waals surface area contributed by atoms with E-state index in [9.17, 15) is 0 Å². The van der Waals surface area contributed by atoms with Gasteiger partial charge in [0.2, 0.25) is 0 Å². The molecule has 7 heteroatoms. The zero-order valence-corrected chi connectivity index (χ0v) is 10.7. The van der Waals surface area contributed by atoms with Crippen molar-refractivity contribution in [3.8, 4) is 11.4 Å². The molecule has 0 aliphatic heterocycles. The first-order chi connectivity index (χ1) is 7.76. The molecular weight excluding hydrogens is 295 g/mol. The molecule has 0 N–H and O–H groups in total. The molecule has 0 atom stereocenters. The van der Waals surface area contributed by atoms with Crippen LogP contribution in [0.5, 0.6) is 5.75 Å². The molecule has 5 nitrogen and oxygen atoms in total. The van der Waals surface area contributed by atoms with Crippen LogP contribution in [0.3, 0.4) is 0 Å². The fourth-order valence-electron chi connectivity index (χ4n) is 1.28. The first kappa shape index (κ1) is 11.3. The summed E-state index contributed by atoms with van der Waals surface area (Å²) in [5, 5.41) is 11.2. The predicted octanol–water partition coefficient (Wildman–Crippen LogP) is 2.17. The van der Waals surface area contributed by atoms with Crippen molar-refractivity contribution in [3.63, 3.8) is 0 Å². The Morgan fingerprint density at radius 2 is 2.31 bits per heavy atom. The molecule has 1 aromatic heterocycles. The Labute approximate surface area is 105 Å². The summed E-state index contributed by atoms with van der Waals surface area (Å²) >= 11 is 9.12. The van der Waals surface area contributed by atoms with Crippen LogP contribution in [0.2, 0.25) is 0 Å². The van der Waals surface area contributed by atoms with Gasteiger partial charge in [-0.2, -0.15) is 4.68 Å². The van der Waals surface area contributed by atoms with Gasteiger partial charge in [-0.25, -0.2) is 0 Å². The average molecular weight is 304 g/mol. The molecule has 0 radical (unpaired) electrons.